The van der Waals surface area contributed by atoms with Crippen LogP contribution in [0.25, 0.3) is 11.3 Å². The molecule has 0 fully saturated rings. The topological polar surface area (TPSA) is 64.4 Å². The van der Waals surface area contributed by atoms with Gasteiger partial charge >= 0.3 is 0 Å². The molecule has 0 spiro atoms. The summed E-state index contributed by atoms with van der Waals surface area (Å²) in [5, 5.41) is 3.95. The number of rotatable bonds is 8. The van der Waals surface area contributed by atoms with Gasteiger partial charge in [-0.05, 0) is 36.8 Å². The van der Waals surface area contributed by atoms with E-state index in [0.717, 1.165) is 12.0 Å². The molecule has 2 aromatic carbocycles. The maximum atomic E-state index is 12.4. The Balaban J connectivity index is 1.61. The zero-order chi connectivity index (χ0) is 19.9. The van der Waals surface area contributed by atoms with Gasteiger partial charge in [0, 0.05) is 23.4 Å². The Morgan fingerprint density at radius 1 is 1.21 bits per heavy atom. The highest BCUT2D eigenvalue weighted by Gasteiger charge is 2.13. The van der Waals surface area contributed by atoms with Gasteiger partial charge in [-0.1, -0.05) is 42.3 Å². The average Bonchev–Trinajstić information content (AvgIpc) is 3.15. The second kappa shape index (κ2) is 9.62. The van der Waals surface area contributed by atoms with Crippen molar-refractivity contribution in [2.24, 2.45) is 0 Å². The molecule has 5 nitrogen and oxygen atoms in total. The van der Waals surface area contributed by atoms with Crippen molar-refractivity contribution >= 4 is 34.8 Å². The number of hydrogen-bond acceptors (Lipinski definition) is 4. The molecule has 3 aromatic rings. The number of oxazole rings is 1. The van der Waals surface area contributed by atoms with Gasteiger partial charge < -0.3 is 14.5 Å². The smallest absolute Gasteiger partial charge is 0.224 e. The van der Waals surface area contributed by atoms with E-state index in [1.807, 2.05) is 25.1 Å². The van der Waals surface area contributed by atoms with Gasteiger partial charge in [-0.2, -0.15) is 0 Å². The maximum absolute atomic E-state index is 12.4. The van der Waals surface area contributed by atoms with Crippen molar-refractivity contribution in [3.05, 3.63) is 64.6 Å². The van der Waals surface area contributed by atoms with Gasteiger partial charge in [0.15, 0.2) is 11.7 Å². The number of benzene rings is 2. The molecule has 0 radical (unpaired) electrons. The van der Waals surface area contributed by atoms with Crippen LogP contribution in [0.5, 0.6) is 5.75 Å². The number of amides is 1. The van der Waals surface area contributed by atoms with Crippen LogP contribution in [0.3, 0.4) is 0 Å². The van der Waals surface area contributed by atoms with Gasteiger partial charge in [0.25, 0.3) is 0 Å². The van der Waals surface area contributed by atoms with Gasteiger partial charge in [0.1, 0.15) is 5.75 Å². The van der Waals surface area contributed by atoms with Crippen LogP contribution < -0.4 is 10.1 Å². The molecule has 0 saturated carbocycles. The maximum Gasteiger partial charge on any atom is 0.224 e. The van der Waals surface area contributed by atoms with Crippen LogP contribution in [-0.4, -0.2) is 17.5 Å². The van der Waals surface area contributed by atoms with Crippen molar-refractivity contribution in [1.29, 1.82) is 0 Å². The predicted molar refractivity (Wildman–Crippen MR) is 111 cm³/mol. The summed E-state index contributed by atoms with van der Waals surface area (Å²) in [6.07, 6.45) is 3.06. The summed E-state index contributed by atoms with van der Waals surface area (Å²) < 4.78 is 11.4. The Bertz CT molecular complexity index is 956. The fraction of sp³-hybridized carbons (Fsp3) is 0.238. The van der Waals surface area contributed by atoms with Crippen molar-refractivity contribution in [3.8, 4) is 17.1 Å². The molecule has 0 atom stereocenters. The van der Waals surface area contributed by atoms with Crippen LogP contribution in [0, 0.1) is 0 Å². The third kappa shape index (κ3) is 5.27. The number of carbonyl (C=O) groups is 1. The molecular formula is C21H20Cl2N2O3. The molecule has 1 aromatic heterocycles. The lowest BCUT2D eigenvalue weighted by Crippen LogP contribution is -2.13. The Morgan fingerprint density at radius 3 is 2.82 bits per heavy atom. The van der Waals surface area contributed by atoms with Crippen molar-refractivity contribution in [1.82, 2.24) is 4.98 Å². The van der Waals surface area contributed by atoms with Gasteiger partial charge in [0.05, 0.1) is 23.5 Å². The SMILES string of the molecule is CCCOc1ccc(Cl)cc1NC(=O)CCc1ncc(-c2ccccc2Cl)o1. The standard InChI is InChI=1S/C21H20Cl2N2O3/c1-2-11-27-18-8-7-14(22)12-17(18)25-20(26)9-10-21-24-13-19(28-21)15-5-3-4-6-16(15)23/h3-8,12-13H,2,9-11H2,1H3,(H,25,26). The Morgan fingerprint density at radius 2 is 2.04 bits per heavy atom. The normalized spacial score (nSPS) is 10.7. The molecule has 1 N–H and O–H groups in total. The number of nitrogens with one attached hydrogen (secondary N) is 1. The summed E-state index contributed by atoms with van der Waals surface area (Å²) in [5.41, 5.74) is 1.32. The fourth-order valence-corrected chi connectivity index (χ4v) is 2.98. The van der Waals surface area contributed by atoms with Crippen molar-refractivity contribution in [2.75, 3.05) is 11.9 Å². The van der Waals surface area contributed by atoms with Gasteiger partial charge in [-0.25, -0.2) is 4.98 Å². The molecule has 28 heavy (non-hydrogen) atoms. The molecule has 0 bridgehead atoms. The predicted octanol–water partition coefficient (Wildman–Crippen LogP) is 6.01. The van der Waals surface area contributed by atoms with Crippen LogP contribution in [-0.2, 0) is 11.2 Å². The van der Waals surface area contributed by atoms with Crippen LogP contribution in [0.4, 0.5) is 5.69 Å². The van der Waals surface area contributed by atoms with Crippen molar-refractivity contribution < 1.29 is 13.9 Å². The van der Waals surface area contributed by atoms with E-state index < -0.39 is 0 Å². The van der Waals surface area contributed by atoms with Crippen molar-refractivity contribution in [2.45, 2.75) is 26.2 Å². The first-order valence-corrected chi connectivity index (χ1v) is 9.74. The minimum absolute atomic E-state index is 0.180. The van der Waals surface area contributed by atoms with Crippen molar-refractivity contribution in [3.63, 3.8) is 0 Å². The minimum atomic E-state index is -0.180. The number of aryl methyl sites for hydroxylation is 1. The first-order valence-electron chi connectivity index (χ1n) is 8.98. The number of carbonyl (C=O) groups excluding carboxylic acids is 1. The first-order chi connectivity index (χ1) is 13.6. The third-order valence-corrected chi connectivity index (χ3v) is 4.50. The van der Waals surface area contributed by atoms with Crippen LogP contribution in [0.15, 0.2) is 53.1 Å². The third-order valence-electron chi connectivity index (χ3n) is 3.94. The molecular weight excluding hydrogens is 399 g/mol. The summed E-state index contributed by atoms with van der Waals surface area (Å²) in [5.74, 6) is 1.46. The fourth-order valence-electron chi connectivity index (χ4n) is 2.58. The summed E-state index contributed by atoms with van der Waals surface area (Å²) in [4.78, 5) is 16.6. The summed E-state index contributed by atoms with van der Waals surface area (Å²) >= 11 is 12.2. The molecule has 0 saturated heterocycles. The molecule has 3 rings (SSSR count). The minimum Gasteiger partial charge on any atom is -0.491 e. The summed E-state index contributed by atoms with van der Waals surface area (Å²) in [6, 6.07) is 12.5. The lowest BCUT2D eigenvalue weighted by molar-refractivity contribution is -0.116. The Labute approximate surface area is 173 Å². The van der Waals surface area contributed by atoms with Crippen LogP contribution in [0.1, 0.15) is 25.7 Å². The van der Waals surface area contributed by atoms with E-state index in [1.165, 1.54) is 0 Å². The average molecular weight is 419 g/mol. The van der Waals surface area contributed by atoms with Crippen LogP contribution >= 0.6 is 23.2 Å². The van der Waals surface area contributed by atoms with Gasteiger partial charge in [-0.3, -0.25) is 4.79 Å². The number of hydrogen-bond donors (Lipinski definition) is 1. The largest absolute Gasteiger partial charge is 0.491 e. The molecule has 0 aliphatic heterocycles. The van der Waals surface area contributed by atoms with E-state index in [1.54, 1.807) is 30.5 Å². The highest BCUT2D eigenvalue weighted by molar-refractivity contribution is 6.33. The van der Waals surface area contributed by atoms with E-state index >= 15 is 0 Å². The van der Waals surface area contributed by atoms with Gasteiger partial charge in [-0.15, -0.1) is 0 Å². The number of halogens is 2. The number of aromatic nitrogens is 1. The lowest BCUT2D eigenvalue weighted by Gasteiger charge is -2.12. The highest BCUT2D eigenvalue weighted by Crippen LogP contribution is 2.29. The number of anilines is 1. The molecule has 7 heteroatoms. The Hall–Kier alpha value is -2.50. The summed E-state index contributed by atoms with van der Waals surface area (Å²) in [6.45, 7) is 2.58. The lowest BCUT2D eigenvalue weighted by atomic mass is 10.2. The number of ether oxygens (including phenoxy) is 1. The van der Waals surface area contributed by atoms with E-state index in [2.05, 4.69) is 10.3 Å². The molecule has 0 aliphatic rings. The van der Waals surface area contributed by atoms with E-state index in [0.29, 0.717) is 46.2 Å². The quantitative estimate of drug-likeness (QED) is 0.486. The zero-order valence-corrected chi connectivity index (χ0v) is 16.9. The molecule has 146 valence electrons. The molecule has 0 unspecified atom stereocenters. The van der Waals surface area contributed by atoms with E-state index in [-0.39, 0.29) is 12.3 Å². The van der Waals surface area contributed by atoms with Gasteiger partial charge in [0.2, 0.25) is 5.91 Å². The highest BCUT2D eigenvalue weighted by atomic mass is 35.5. The summed E-state index contributed by atoms with van der Waals surface area (Å²) in [7, 11) is 0. The van der Waals surface area contributed by atoms with E-state index in [4.69, 9.17) is 32.4 Å². The zero-order valence-electron chi connectivity index (χ0n) is 15.4. The molecule has 1 heterocycles. The Kier molecular flexibility index (Phi) is 6.95. The van der Waals surface area contributed by atoms with E-state index in [9.17, 15) is 4.79 Å². The molecule has 1 amide bonds. The second-order valence-corrected chi connectivity index (χ2v) is 6.98. The molecule has 0 aliphatic carbocycles. The van der Waals surface area contributed by atoms with Crippen LogP contribution in [0.2, 0.25) is 10.0 Å². The number of nitrogens with zero attached hydrogens (tertiary/aromatic N) is 1. The second-order valence-electron chi connectivity index (χ2n) is 6.14. The first kappa shape index (κ1) is 20.2. The monoisotopic (exact) mass is 418 g/mol.